The van der Waals surface area contributed by atoms with Crippen molar-refractivity contribution in [2.24, 2.45) is 11.8 Å². The number of nitrogens with zero attached hydrogens (tertiary/aromatic N) is 2. The summed E-state index contributed by atoms with van der Waals surface area (Å²) in [7, 11) is 0. The summed E-state index contributed by atoms with van der Waals surface area (Å²) in [5.41, 5.74) is 1.92. The van der Waals surface area contributed by atoms with Gasteiger partial charge < -0.3 is 24.7 Å². The molecule has 3 atom stereocenters. The number of ether oxygens (including phenoxy) is 2. The van der Waals surface area contributed by atoms with Crippen molar-refractivity contribution >= 4 is 28.8 Å². The van der Waals surface area contributed by atoms with E-state index >= 15 is 0 Å². The van der Waals surface area contributed by atoms with E-state index < -0.39 is 24.2 Å². The van der Waals surface area contributed by atoms with Crippen molar-refractivity contribution in [2.75, 3.05) is 13.2 Å². The number of benzene rings is 1. The van der Waals surface area contributed by atoms with E-state index in [1.165, 1.54) is 0 Å². The third kappa shape index (κ3) is 5.81. The van der Waals surface area contributed by atoms with E-state index in [0.717, 1.165) is 11.0 Å². The maximum absolute atomic E-state index is 12.8. The number of imidazole rings is 1. The molecule has 2 amide bonds. The molecule has 2 N–H and O–H groups in total. The van der Waals surface area contributed by atoms with Crippen LogP contribution in [0.3, 0.4) is 0 Å². The second kappa shape index (κ2) is 10.4. The van der Waals surface area contributed by atoms with Crippen LogP contribution in [-0.2, 0) is 30.4 Å². The quantitative estimate of drug-likeness (QED) is 0.554. The molecule has 0 aliphatic carbocycles. The number of para-hydroxylation sites is 2. The highest BCUT2D eigenvalue weighted by atomic mass is 16.7. The first-order valence-corrected chi connectivity index (χ1v) is 10.7. The molecule has 0 bridgehead atoms. The number of cyclic esters (lactones) is 1. The van der Waals surface area contributed by atoms with Crippen LogP contribution in [0.15, 0.2) is 30.6 Å². The molecule has 2 heterocycles. The first-order valence-electron chi connectivity index (χ1n) is 10.7. The van der Waals surface area contributed by atoms with Gasteiger partial charge >= 0.3 is 5.97 Å². The highest BCUT2D eigenvalue weighted by Gasteiger charge is 2.38. The standard InChI is InChI=1S/C22H30N4O5/c1-4-30-22-17(12-20(28)31-22)25-21(29)15(14(2)3)11-19(27)23-9-10-26-13-24-16-7-5-6-8-18(16)26/h5-8,13-15,17,22H,4,9-12H2,1-3H3,(H,23,27)(H,25,29)/t15-,17?,22?/m0/s1. The van der Waals surface area contributed by atoms with Gasteiger partial charge in [-0.05, 0) is 25.0 Å². The molecular formula is C22H30N4O5. The zero-order chi connectivity index (χ0) is 22.4. The third-order valence-electron chi connectivity index (χ3n) is 5.37. The summed E-state index contributed by atoms with van der Waals surface area (Å²) in [5.74, 6) is -1.45. The number of carbonyl (C=O) groups is 3. The topological polar surface area (TPSA) is 112 Å². The summed E-state index contributed by atoms with van der Waals surface area (Å²) in [5, 5.41) is 5.71. The molecule has 2 aromatic rings. The van der Waals surface area contributed by atoms with Crippen molar-refractivity contribution in [3.8, 4) is 0 Å². The molecule has 0 radical (unpaired) electrons. The summed E-state index contributed by atoms with van der Waals surface area (Å²) in [6.45, 7) is 6.97. The molecule has 1 aliphatic heterocycles. The summed E-state index contributed by atoms with van der Waals surface area (Å²) >= 11 is 0. The van der Waals surface area contributed by atoms with Crippen LogP contribution in [-0.4, -0.2) is 52.8 Å². The Hall–Kier alpha value is -2.94. The van der Waals surface area contributed by atoms with Crippen LogP contribution >= 0.6 is 0 Å². The van der Waals surface area contributed by atoms with Gasteiger partial charge in [-0.15, -0.1) is 0 Å². The Bertz CT molecular complexity index is 926. The van der Waals surface area contributed by atoms with E-state index in [4.69, 9.17) is 9.47 Å². The first-order chi connectivity index (χ1) is 14.9. The molecule has 1 fully saturated rings. The van der Waals surface area contributed by atoms with Crippen LogP contribution in [0.25, 0.3) is 11.0 Å². The number of esters is 1. The maximum Gasteiger partial charge on any atom is 0.310 e. The summed E-state index contributed by atoms with van der Waals surface area (Å²) in [6, 6.07) is 7.26. The Morgan fingerprint density at radius 3 is 2.84 bits per heavy atom. The van der Waals surface area contributed by atoms with Gasteiger partial charge in [0.2, 0.25) is 18.1 Å². The van der Waals surface area contributed by atoms with Gasteiger partial charge in [-0.2, -0.15) is 0 Å². The van der Waals surface area contributed by atoms with Gasteiger partial charge in [0.1, 0.15) is 6.04 Å². The number of carbonyl (C=O) groups excluding carboxylic acids is 3. The lowest BCUT2D eigenvalue weighted by atomic mass is 9.91. The molecule has 1 aromatic heterocycles. The van der Waals surface area contributed by atoms with Gasteiger partial charge in [-0.1, -0.05) is 26.0 Å². The Kier molecular flexibility index (Phi) is 7.62. The van der Waals surface area contributed by atoms with Crippen molar-refractivity contribution in [1.82, 2.24) is 20.2 Å². The van der Waals surface area contributed by atoms with E-state index in [2.05, 4.69) is 15.6 Å². The fourth-order valence-corrected chi connectivity index (χ4v) is 3.67. The van der Waals surface area contributed by atoms with Crippen LogP contribution in [0.2, 0.25) is 0 Å². The van der Waals surface area contributed by atoms with Gasteiger partial charge in [0, 0.05) is 32.0 Å². The summed E-state index contributed by atoms with van der Waals surface area (Å²) in [4.78, 5) is 41.2. The first kappa shape index (κ1) is 22.7. The fourth-order valence-electron chi connectivity index (χ4n) is 3.67. The molecule has 168 valence electrons. The van der Waals surface area contributed by atoms with Crippen molar-refractivity contribution < 1.29 is 23.9 Å². The highest BCUT2D eigenvalue weighted by molar-refractivity contribution is 5.86. The second-order valence-electron chi connectivity index (χ2n) is 7.96. The Morgan fingerprint density at radius 1 is 1.32 bits per heavy atom. The molecule has 0 spiro atoms. The highest BCUT2D eigenvalue weighted by Crippen LogP contribution is 2.20. The van der Waals surface area contributed by atoms with Gasteiger partial charge in [0.25, 0.3) is 0 Å². The van der Waals surface area contributed by atoms with E-state index in [1.807, 2.05) is 42.7 Å². The van der Waals surface area contributed by atoms with Crippen LogP contribution in [0.5, 0.6) is 0 Å². The van der Waals surface area contributed by atoms with Gasteiger partial charge in [0.05, 0.1) is 23.8 Å². The number of fused-ring (bicyclic) bond motifs is 1. The molecule has 3 rings (SSSR count). The van der Waals surface area contributed by atoms with E-state index in [9.17, 15) is 14.4 Å². The molecule has 1 aliphatic rings. The molecule has 0 saturated carbocycles. The lowest BCUT2D eigenvalue weighted by Crippen LogP contribution is -2.46. The van der Waals surface area contributed by atoms with Gasteiger partial charge in [0.15, 0.2) is 0 Å². The van der Waals surface area contributed by atoms with Gasteiger partial charge in [-0.3, -0.25) is 14.4 Å². The second-order valence-corrected chi connectivity index (χ2v) is 7.96. The summed E-state index contributed by atoms with van der Waals surface area (Å²) in [6.07, 6.45) is 1.09. The number of hydrogen-bond acceptors (Lipinski definition) is 6. The minimum Gasteiger partial charge on any atom is -0.433 e. The smallest absolute Gasteiger partial charge is 0.310 e. The van der Waals surface area contributed by atoms with Crippen molar-refractivity contribution in [1.29, 1.82) is 0 Å². The number of rotatable bonds is 10. The Balaban J connectivity index is 1.51. The molecule has 1 saturated heterocycles. The van der Waals surface area contributed by atoms with E-state index in [1.54, 1.807) is 13.3 Å². The van der Waals surface area contributed by atoms with Crippen LogP contribution in [0.4, 0.5) is 0 Å². The third-order valence-corrected chi connectivity index (χ3v) is 5.37. The molecule has 31 heavy (non-hydrogen) atoms. The fraction of sp³-hybridized carbons (Fsp3) is 0.545. The average Bonchev–Trinajstić information content (AvgIpc) is 3.29. The minimum atomic E-state index is -0.784. The van der Waals surface area contributed by atoms with E-state index in [-0.39, 0.29) is 30.6 Å². The van der Waals surface area contributed by atoms with E-state index in [0.29, 0.717) is 19.7 Å². The SMILES string of the molecule is CCOC1OC(=O)CC1NC(=O)[C@@H](CC(=O)NCCn1cnc2ccccc21)C(C)C. The zero-order valence-electron chi connectivity index (χ0n) is 18.2. The molecule has 9 nitrogen and oxygen atoms in total. The Labute approximate surface area is 181 Å². The van der Waals surface area contributed by atoms with Crippen molar-refractivity contribution in [3.63, 3.8) is 0 Å². The van der Waals surface area contributed by atoms with Crippen LogP contribution in [0, 0.1) is 11.8 Å². The minimum absolute atomic E-state index is 0.0492. The normalized spacial score (nSPS) is 19.4. The van der Waals surface area contributed by atoms with Crippen LogP contribution < -0.4 is 10.6 Å². The number of amides is 2. The molecule has 9 heteroatoms. The Morgan fingerprint density at radius 2 is 2.10 bits per heavy atom. The summed E-state index contributed by atoms with van der Waals surface area (Å²) < 4.78 is 12.5. The lowest BCUT2D eigenvalue weighted by Gasteiger charge is -2.24. The average molecular weight is 431 g/mol. The molecule has 2 unspecified atom stereocenters. The maximum atomic E-state index is 12.8. The predicted octanol–water partition coefficient (Wildman–Crippen LogP) is 1.61. The van der Waals surface area contributed by atoms with Crippen molar-refractivity contribution in [2.45, 2.75) is 52.5 Å². The number of aromatic nitrogens is 2. The zero-order valence-corrected chi connectivity index (χ0v) is 18.2. The van der Waals surface area contributed by atoms with Crippen molar-refractivity contribution in [3.05, 3.63) is 30.6 Å². The molecule has 1 aromatic carbocycles. The van der Waals surface area contributed by atoms with Gasteiger partial charge in [-0.25, -0.2) is 4.98 Å². The monoisotopic (exact) mass is 430 g/mol. The number of nitrogens with one attached hydrogen (secondary N) is 2. The molecular weight excluding hydrogens is 400 g/mol. The largest absolute Gasteiger partial charge is 0.433 e. The lowest BCUT2D eigenvalue weighted by molar-refractivity contribution is -0.164. The number of hydrogen-bond donors (Lipinski definition) is 2. The van der Waals surface area contributed by atoms with Crippen LogP contribution in [0.1, 0.15) is 33.6 Å². The predicted molar refractivity (Wildman–Crippen MR) is 114 cm³/mol.